The SMILES string of the molecule is CCc1cccc(C)c1NC(=O)c1cccc(C(=O)Nc2ccc(F)cc2F)n1. The fourth-order valence-electron chi connectivity index (χ4n) is 2.84. The van der Waals surface area contributed by atoms with Crippen LogP contribution in [0, 0.1) is 18.6 Å². The number of halogens is 2. The molecular weight excluding hydrogens is 376 g/mol. The number of amides is 2. The molecule has 5 nitrogen and oxygen atoms in total. The summed E-state index contributed by atoms with van der Waals surface area (Å²) in [6.45, 7) is 3.88. The molecule has 1 aromatic heterocycles. The van der Waals surface area contributed by atoms with Crippen LogP contribution in [-0.4, -0.2) is 16.8 Å². The Kier molecular flexibility index (Phi) is 5.97. The quantitative estimate of drug-likeness (QED) is 0.656. The van der Waals surface area contributed by atoms with Crippen molar-refractivity contribution in [2.75, 3.05) is 10.6 Å². The van der Waals surface area contributed by atoms with E-state index in [0.717, 1.165) is 29.7 Å². The van der Waals surface area contributed by atoms with Gasteiger partial charge in [0.05, 0.1) is 5.69 Å². The lowest BCUT2D eigenvalue weighted by atomic mass is 10.1. The number of aryl methyl sites for hydroxylation is 2. The molecule has 7 heteroatoms. The molecule has 1 heterocycles. The molecule has 29 heavy (non-hydrogen) atoms. The number of carbonyl (C=O) groups excluding carboxylic acids is 2. The molecule has 2 aromatic carbocycles. The van der Waals surface area contributed by atoms with Crippen LogP contribution in [0.25, 0.3) is 0 Å². The Morgan fingerprint density at radius 2 is 1.59 bits per heavy atom. The average molecular weight is 395 g/mol. The van der Waals surface area contributed by atoms with E-state index >= 15 is 0 Å². The van der Waals surface area contributed by atoms with Crippen molar-refractivity contribution >= 4 is 23.2 Å². The normalized spacial score (nSPS) is 10.5. The van der Waals surface area contributed by atoms with Crippen LogP contribution < -0.4 is 10.6 Å². The number of aromatic nitrogens is 1. The van der Waals surface area contributed by atoms with E-state index in [4.69, 9.17) is 0 Å². The number of anilines is 2. The van der Waals surface area contributed by atoms with E-state index in [0.29, 0.717) is 11.8 Å². The monoisotopic (exact) mass is 395 g/mol. The van der Waals surface area contributed by atoms with Gasteiger partial charge in [-0.05, 0) is 48.7 Å². The van der Waals surface area contributed by atoms with Gasteiger partial charge in [0.15, 0.2) is 0 Å². The number of rotatable bonds is 5. The van der Waals surface area contributed by atoms with E-state index < -0.39 is 23.4 Å². The van der Waals surface area contributed by atoms with Gasteiger partial charge < -0.3 is 10.6 Å². The van der Waals surface area contributed by atoms with E-state index in [-0.39, 0.29) is 17.1 Å². The number of benzene rings is 2. The number of para-hydroxylation sites is 1. The summed E-state index contributed by atoms with van der Waals surface area (Å²) >= 11 is 0. The summed E-state index contributed by atoms with van der Waals surface area (Å²) in [5.74, 6) is -2.83. The highest BCUT2D eigenvalue weighted by atomic mass is 19.1. The van der Waals surface area contributed by atoms with Crippen molar-refractivity contribution in [1.29, 1.82) is 0 Å². The summed E-state index contributed by atoms with van der Waals surface area (Å²) in [6.07, 6.45) is 0.746. The van der Waals surface area contributed by atoms with Crippen LogP contribution in [0.4, 0.5) is 20.2 Å². The first kappa shape index (κ1) is 20.1. The standard InChI is InChI=1S/C22H19F2N3O2/c1-3-14-7-4-6-13(2)20(14)27-22(29)19-9-5-8-18(25-19)21(28)26-17-11-10-15(23)12-16(17)24/h4-12H,3H2,1-2H3,(H,26,28)(H,27,29). The van der Waals surface area contributed by atoms with Crippen LogP contribution in [0.1, 0.15) is 39.0 Å². The fourth-order valence-corrected chi connectivity index (χ4v) is 2.84. The Morgan fingerprint density at radius 3 is 2.24 bits per heavy atom. The summed E-state index contributed by atoms with van der Waals surface area (Å²) in [5.41, 5.74) is 2.41. The minimum Gasteiger partial charge on any atom is -0.320 e. The zero-order chi connectivity index (χ0) is 21.0. The van der Waals surface area contributed by atoms with Gasteiger partial charge in [-0.1, -0.05) is 31.2 Å². The summed E-state index contributed by atoms with van der Waals surface area (Å²) in [5, 5.41) is 5.16. The predicted octanol–water partition coefficient (Wildman–Crippen LogP) is 4.74. The van der Waals surface area contributed by atoms with E-state index in [1.54, 1.807) is 0 Å². The lowest BCUT2D eigenvalue weighted by Gasteiger charge is -2.13. The van der Waals surface area contributed by atoms with Crippen LogP contribution in [0.15, 0.2) is 54.6 Å². The number of pyridine rings is 1. The van der Waals surface area contributed by atoms with Crippen LogP contribution >= 0.6 is 0 Å². The molecule has 0 aliphatic rings. The smallest absolute Gasteiger partial charge is 0.274 e. The van der Waals surface area contributed by atoms with Gasteiger partial charge in [0.1, 0.15) is 23.0 Å². The van der Waals surface area contributed by atoms with Gasteiger partial charge in [0.2, 0.25) is 0 Å². The Hall–Kier alpha value is -3.61. The Balaban J connectivity index is 1.80. The number of nitrogens with zero attached hydrogens (tertiary/aromatic N) is 1. The van der Waals surface area contributed by atoms with Crippen LogP contribution in [0.2, 0.25) is 0 Å². The maximum Gasteiger partial charge on any atom is 0.274 e. The maximum absolute atomic E-state index is 13.7. The molecule has 0 atom stereocenters. The molecule has 3 aromatic rings. The second kappa shape index (κ2) is 8.60. The van der Waals surface area contributed by atoms with Gasteiger partial charge in [0, 0.05) is 11.8 Å². The lowest BCUT2D eigenvalue weighted by molar-refractivity contribution is 0.101. The van der Waals surface area contributed by atoms with Gasteiger partial charge >= 0.3 is 0 Å². The minimum atomic E-state index is -0.904. The number of hydrogen-bond acceptors (Lipinski definition) is 3. The second-order valence-electron chi connectivity index (χ2n) is 6.40. The van der Waals surface area contributed by atoms with E-state index in [1.807, 2.05) is 32.0 Å². The van der Waals surface area contributed by atoms with E-state index in [2.05, 4.69) is 15.6 Å². The van der Waals surface area contributed by atoms with Gasteiger partial charge in [-0.3, -0.25) is 9.59 Å². The minimum absolute atomic E-state index is 0.0440. The first-order valence-electron chi connectivity index (χ1n) is 9.02. The molecule has 0 unspecified atom stereocenters. The first-order chi connectivity index (χ1) is 13.9. The molecular formula is C22H19F2N3O2. The molecule has 0 aliphatic carbocycles. The summed E-state index contributed by atoms with van der Waals surface area (Å²) in [4.78, 5) is 29.1. The van der Waals surface area contributed by atoms with Crippen LogP contribution in [0.3, 0.4) is 0 Å². The number of carbonyl (C=O) groups is 2. The summed E-state index contributed by atoms with van der Waals surface area (Å²) in [7, 11) is 0. The molecule has 0 saturated carbocycles. The van der Waals surface area contributed by atoms with Gasteiger partial charge in [0.25, 0.3) is 11.8 Å². The molecule has 0 fully saturated rings. The zero-order valence-electron chi connectivity index (χ0n) is 15.9. The van der Waals surface area contributed by atoms with Crippen molar-refractivity contribution in [2.45, 2.75) is 20.3 Å². The van der Waals surface area contributed by atoms with Crippen LogP contribution in [-0.2, 0) is 6.42 Å². The zero-order valence-corrected chi connectivity index (χ0v) is 15.9. The van der Waals surface area contributed by atoms with Crippen molar-refractivity contribution in [1.82, 2.24) is 4.98 Å². The molecule has 2 N–H and O–H groups in total. The summed E-state index contributed by atoms with van der Waals surface area (Å²) < 4.78 is 26.7. The number of hydrogen-bond donors (Lipinski definition) is 2. The highest BCUT2D eigenvalue weighted by Crippen LogP contribution is 2.22. The highest BCUT2D eigenvalue weighted by Gasteiger charge is 2.16. The van der Waals surface area contributed by atoms with Crippen LogP contribution in [0.5, 0.6) is 0 Å². The van der Waals surface area contributed by atoms with Crippen molar-refractivity contribution in [2.24, 2.45) is 0 Å². The first-order valence-corrected chi connectivity index (χ1v) is 9.02. The predicted molar refractivity (Wildman–Crippen MR) is 107 cm³/mol. The molecule has 0 spiro atoms. The lowest BCUT2D eigenvalue weighted by Crippen LogP contribution is -2.19. The fraction of sp³-hybridized carbons (Fsp3) is 0.136. The topological polar surface area (TPSA) is 71.1 Å². The molecule has 2 amide bonds. The molecule has 0 radical (unpaired) electrons. The van der Waals surface area contributed by atoms with Crippen molar-refractivity contribution in [3.05, 3.63) is 88.7 Å². The van der Waals surface area contributed by atoms with E-state index in [9.17, 15) is 18.4 Å². The van der Waals surface area contributed by atoms with Gasteiger partial charge in [-0.2, -0.15) is 0 Å². The second-order valence-corrected chi connectivity index (χ2v) is 6.40. The third-order valence-electron chi connectivity index (χ3n) is 4.37. The largest absolute Gasteiger partial charge is 0.320 e. The maximum atomic E-state index is 13.7. The Morgan fingerprint density at radius 1 is 0.931 bits per heavy atom. The Bertz CT molecular complexity index is 1080. The third-order valence-corrected chi connectivity index (χ3v) is 4.37. The van der Waals surface area contributed by atoms with Crippen molar-refractivity contribution < 1.29 is 18.4 Å². The highest BCUT2D eigenvalue weighted by molar-refractivity contribution is 6.06. The van der Waals surface area contributed by atoms with Crippen molar-refractivity contribution in [3.8, 4) is 0 Å². The number of nitrogens with one attached hydrogen (secondary N) is 2. The van der Waals surface area contributed by atoms with Crippen molar-refractivity contribution in [3.63, 3.8) is 0 Å². The molecule has 0 bridgehead atoms. The molecule has 3 rings (SSSR count). The molecule has 0 saturated heterocycles. The molecule has 0 aliphatic heterocycles. The Labute approximate surface area is 166 Å². The summed E-state index contributed by atoms with van der Waals surface area (Å²) in [6, 6.07) is 12.9. The third kappa shape index (κ3) is 4.63. The van der Waals surface area contributed by atoms with Gasteiger partial charge in [-0.15, -0.1) is 0 Å². The van der Waals surface area contributed by atoms with E-state index in [1.165, 1.54) is 18.2 Å². The average Bonchev–Trinajstić information content (AvgIpc) is 2.71. The molecule has 148 valence electrons. The van der Waals surface area contributed by atoms with Gasteiger partial charge in [-0.25, -0.2) is 13.8 Å².